The molecular weight excluding hydrogens is 248 g/mol. The molecule has 1 amide bonds. The molecule has 0 spiro atoms. The van der Waals surface area contributed by atoms with Gasteiger partial charge in [-0.15, -0.1) is 0 Å². The molecule has 0 aliphatic heterocycles. The highest BCUT2D eigenvalue weighted by Gasteiger charge is 2.32. The molecule has 0 aromatic heterocycles. The van der Waals surface area contributed by atoms with Gasteiger partial charge >= 0.3 is 0 Å². The predicted octanol–water partition coefficient (Wildman–Crippen LogP) is 3.78. The van der Waals surface area contributed by atoms with Crippen molar-refractivity contribution in [2.75, 3.05) is 34.2 Å². The van der Waals surface area contributed by atoms with Crippen LogP contribution in [-0.4, -0.2) is 49.9 Å². The van der Waals surface area contributed by atoms with Crippen molar-refractivity contribution in [3.8, 4) is 0 Å². The smallest absolute Gasteiger partial charge is 0.228 e. The minimum absolute atomic E-state index is 0.166. The average Bonchev–Trinajstić information content (AvgIpc) is 2.42. The van der Waals surface area contributed by atoms with Gasteiger partial charge in [-0.25, -0.2) is 0 Å². The van der Waals surface area contributed by atoms with Crippen molar-refractivity contribution in [3.63, 3.8) is 0 Å². The molecule has 1 atom stereocenters. The maximum Gasteiger partial charge on any atom is 0.228 e. The number of hydrogen-bond donors (Lipinski definition) is 0. The van der Waals surface area contributed by atoms with Crippen molar-refractivity contribution >= 4 is 5.91 Å². The van der Waals surface area contributed by atoms with Gasteiger partial charge in [0.15, 0.2) is 0 Å². The molecule has 1 unspecified atom stereocenters. The molecule has 0 N–H and O–H groups in total. The summed E-state index contributed by atoms with van der Waals surface area (Å²) in [7, 11) is 6.11. The summed E-state index contributed by atoms with van der Waals surface area (Å²) in [5.41, 5.74) is -0.166. The summed E-state index contributed by atoms with van der Waals surface area (Å²) >= 11 is 0. The van der Waals surface area contributed by atoms with E-state index in [1.165, 1.54) is 25.7 Å². The molecule has 0 bridgehead atoms. The summed E-state index contributed by atoms with van der Waals surface area (Å²) in [4.78, 5) is 16.8. The van der Waals surface area contributed by atoms with Gasteiger partial charge in [0.25, 0.3) is 0 Å². The second-order valence-corrected chi connectivity index (χ2v) is 6.61. The first kappa shape index (κ1) is 19.4. The van der Waals surface area contributed by atoms with Gasteiger partial charge in [0.05, 0.1) is 0 Å². The minimum Gasteiger partial charge on any atom is -0.345 e. The minimum atomic E-state index is -0.166. The standard InChI is InChI=1S/C17H36N2O/c1-7-9-10-11-13-17(3,8-2)16(20)19(6)15-12-14-18(4)5/h7-15H2,1-6H3. The third kappa shape index (κ3) is 7.28. The third-order valence-electron chi connectivity index (χ3n) is 4.32. The fourth-order valence-electron chi connectivity index (χ4n) is 2.56. The van der Waals surface area contributed by atoms with E-state index in [0.717, 1.165) is 32.4 Å². The number of nitrogens with zero attached hydrogens (tertiary/aromatic N) is 2. The molecule has 0 aromatic rings. The topological polar surface area (TPSA) is 23.6 Å². The summed E-state index contributed by atoms with van der Waals surface area (Å²) in [5.74, 6) is 0.329. The number of carbonyl (C=O) groups is 1. The van der Waals surface area contributed by atoms with Crippen molar-refractivity contribution < 1.29 is 4.79 Å². The second-order valence-electron chi connectivity index (χ2n) is 6.61. The summed E-state index contributed by atoms with van der Waals surface area (Å²) in [6.07, 6.45) is 7.98. The van der Waals surface area contributed by atoms with Crippen LogP contribution in [0.4, 0.5) is 0 Å². The summed E-state index contributed by atoms with van der Waals surface area (Å²) in [5, 5.41) is 0. The van der Waals surface area contributed by atoms with E-state index in [1.807, 2.05) is 11.9 Å². The van der Waals surface area contributed by atoms with Crippen molar-refractivity contribution in [1.29, 1.82) is 0 Å². The van der Waals surface area contributed by atoms with Crippen LogP contribution in [0, 0.1) is 5.41 Å². The van der Waals surface area contributed by atoms with E-state index in [1.54, 1.807) is 0 Å². The molecule has 20 heavy (non-hydrogen) atoms. The maximum absolute atomic E-state index is 12.6. The van der Waals surface area contributed by atoms with Gasteiger partial charge in [0, 0.05) is 19.0 Å². The highest BCUT2D eigenvalue weighted by atomic mass is 16.2. The summed E-state index contributed by atoms with van der Waals surface area (Å²) < 4.78 is 0. The molecule has 0 heterocycles. The normalized spacial score (nSPS) is 14.3. The van der Waals surface area contributed by atoms with E-state index in [0.29, 0.717) is 5.91 Å². The molecule has 0 aliphatic rings. The molecule has 0 saturated heterocycles. The van der Waals surface area contributed by atoms with Crippen molar-refractivity contribution in [2.45, 2.75) is 65.7 Å². The van der Waals surface area contributed by atoms with Crippen LogP contribution in [0.15, 0.2) is 0 Å². The van der Waals surface area contributed by atoms with Gasteiger partial charge in [-0.05, 0) is 39.9 Å². The fraction of sp³-hybridized carbons (Fsp3) is 0.941. The summed E-state index contributed by atoms with van der Waals surface area (Å²) in [6, 6.07) is 0. The quantitative estimate of drug-likeness (QED) is 0.539. The van der Waals surface area contributed by atoms with E-state index >= 15 is 0 Å². The Balaban J connectivity index is 4.27. The van der Waals surface area contributed by atoms with Gasteiger partial charge in [0.2, 0.25) is 5.91 Å². The van der Waals surface area contributed by atoms with Gasteiger partial charge in [0.1, 0.15) is 0 Å². The lowest BCUT2D eigenvalue weighted by Gasteiger charge is -2.32. The average molecular weight is 284 g/mol. The number of amides is 1. The maximum atomic E-state index is 12.6. The Morgan fingerprint density at radius 2 is 1.60 bits per heavy atom. The third-order valence-corrected chi connectivity index (χ3v) is 4.32. The predicted molar refractivity (Wildman–Crippen MR) is 88.0 cm³/mol. The van der Waals surface area contributed by atoms with Crippen LogP contribution in [0.3, 0.4) is 0 Å². The number of carbonyl (C=O) groups excluding carboxylic acids is 1. The van der Waals surface area contributed by atoms with Crippen molar-refractivity contribution in [1.82, 2.24) is 9.80 Å². The molecule has 0 rings (SSSR count). The first-order valence-electron chi connectivity index (χ1n) is 8.27. The fourth-order valence-corrected chi connectivity index (χ4v) is 2.56. The first-order chi connectivity index (χ1) is 9.37. The van der Waals surface area contributed by atoms with Gasteiger partial charge in [-0.2, -0.15) is 0 Å². The van der Waals surface area contributed by atoms with Crippen LogP contribution in [0.25, 0.3) is 0 Å². The molecule has 3 heteroatoms. The lowest BCUT2D eigenvalue weighted by Crippen LogP contribution is -2.41. The Morgan fingerprint density at radius 3 is 2.10 bits per heavy atom. The van der Waals surface area contributed by atoms with Crippen LogP contribution in [0.2, 0.25) is 0 Å². The van der Waals surface area contributed by atoms with Crippen LogP contribution >= 0.6 is 0 Å². The zero-order valence-corrected chi connectivity index (χ0v) is 14.7. The highest BCUT2D eigenvalue weighted by molar-refractivity contribution is 5.82. The molecule has 3 nitrogen and oxygen atoms in total. The molecular formula is C17H36N2O. The molecule has 0 radical (unpaired) electrons. The van der Waals surface area contributed by atoms with Crippen LogP contribution in [-0.2, 0) is 4.79 Å². The van der Waals surface area contributed by atoms with E-state index < -0.39 is 0 Å². The Kier molecular flexibility index (Phi) is 9.91. The number of rotatable bonds is 11. The number of unbranched alkanes of at least 4 members (excludes halogenated alkanes) is 3. The van der Waals surface area contributed by atoms with Crippen LogP contribution in [0.1, 0.15) is 65.7 Å². The Morgan fingerprint density at radius 1 is 0.950 bits per heavy atom. The zero-order valence-electron chi connectivity index (χ0n) is 14.7. The van der Waals surface area contributed by atoms with E-state index in [-0.39, 0.29) is 5.41 Å². The molecule has 120 valence electrons. The Labute approximate surface area is 126 Å². The lowest BCUT2D eigenvalue weighted by molar-refractivity contribution is -0.140. The summed E-state index contributed by atoms with van der Waals surface area (Å²) in [6.45, 7) is 8.41. The Hall–Kier alpha value is -0.570. The monoisotopic (exact) mass is 284 g/mol. The molecule has 0 aliphatic carbocycles. The van der Waals surface area contributed by atoms with Gasteiger partial charge in [-0.1, -0.05) is 46.5 Å². The molecule has 0 aromatic carbocycles. The first-order valence-corrected chi connectivity index (χ1v) is 8.27. The van der Waals surface area contributed by atoms with Crippen molar-refractivity contribution in [2.24, 2.45) is 5.41 Å². The molecule has 0 fully saturated rings. The SMILES string of the molecule is CCCCCCC(C)(CC)C(=O)N(C)CCCN(C)C. The van der Waals surface area contributed by atoms with E-state index in [2.05, 4.69) is 39.8 Å². The van der Waals surface area contributed by atoms with E-state index in [4.69, 9.17) is 0 Å². The molecule has 0 saturated carbocycles. The lowest BCUT2D eigenvalue weighted by atomic mass is 9.80. The highest BCUT2D eigenvalue weighted by Crippen LogP contribution is 2.30. The van der Waals surface area contributed by atoms with Gasteiger partial charge < -0.3 is 9.80 Å². The van der Waals surface area contributed by atoms with Crippen LogP contribution in [0.5, 0.6) is 0 Å². The number of hydrogen-bond acceptors (Lipinski definition) is 2. The Bertz CT molecular complexity index is 266. The zero-order chi connectivity index (χ0) is 15.6. The van der Waals surface area contributed by atoms with Gasteiger partial charge in [-0.3, -0.25) is 4.79 Å². The van der Waals surface area contributed by atoms with Crippen LogP contribution < -0.4 is 0 Å². The second kappa shape index (κ2) is 10.2. The van der Waals surface area contributed by atoms with Crippen molar-refractivity contribution in [3.05, 3.63) is 0 Å². The van der Waals surface area contributed by atoms with E-state index in [9.17, 15) is 4.79 Å². The largest absolute Gasteiger partial charge is 0.345 e.